The second-order valence-corrected chi connectivity index (χ2v) is 10.8. The number of nitrogens with one attached hydrogen (secondary N) is 1. The Morgan fingerprint density at radius 2 is 1.79 bits per heavy atom. The minimum atomic E-state index is -0.784. The van der Waals surface area contributed by atoms with E-state index in [2.05, 4.69) is 43.5 Å². The van der Waals surface area contributed by atoms with Crippen LogP contribution in [0.5, 0.6) is 5.75 Å². The van der Waals surface area contributed by atoms with Gasteiger partial charge in [-0.2, -0.15) is 4.80 Å². The summed E-state index contributed by atoms with van der Waals surface area (Å²) in [5.41, 5.74) is 4.04. The predicted molar refractivity (Wildman–Crippen MR) is 160 cm³/mol. The maximum Gasteiger partial charge on any atom is 0.513 e. The maximum atomic E-state index is 13.1. The molecule has 2 unspecified atom stereocenters. The third kappa shape index (κ3) is 6.22. The maximum absolute atomic E-state index is 13.1. The van der Waals surface area contributed by atoms with Crippen molar-refractivity contribution in [3.8, 4) is 5.75 Å². The van der Waals surface area contributed by atoms with Crippen LogP contribution in [0.4, 0.5) is 10.5 Å². The molecule has 0 amide bonds. The van der Waals surface area contributed by atoms with Gasteiger partial charge in [0.05, 0.1) is 31.5 Å². The third-order valence-electron chi connectivity index (χ3n) is 7.66. The Kier molecular flexibility index (Phi) is 8.98. The average molecular weight is 594 g/mol. The number of piperazine rings is 1. The van der Waals surface area contributed by atoms with E-state index in [1.807, 2.05) is 50.2 Å². The molecule has 2 aromatic carbocycles. The molecule has 0 bridgehead atoms. The summed E-state index contributed by atoms with van der Waals surface area (Å²) in [6.07, 6.45) is -0.784. The molecule has 1 aromatic heterocycles. The minimum absolute atomic E-state index is 0.0118. The van der Waals surface area contributed by atoms with E-state index in [9.17, 15) is 4.79 Å². The molecular formula is C30H36ClN7O4. The summed E-state index contributed by atoms with van der Waals surface area (Å²) in [4.78, 5) is 19.1. The lowest BCUT2D eigenvalue weighted by Gasteiger charge is -2.39. The van der Waals surface area contributed by atoms with E-state index in [1.54, 1.807) is 20.2 Å². The molecule has 5 rings (SSSR count). The van der Waals surface area contributed by atoms with Crippen molar-refractivity contribution in [3.05, 3.63) is 82.1 Å². The van der Waals surface area contributed by atoms with Gasteiger partial charge in [-0.3, -0.25) is 4.90 Å². The quantitative estimate of drug-likeness (QED) is 0.373. The molecule has 3 aromatic rings. The van der Waals surface area contributed by atoms with Crippen molar-refractivity contribution < 1.29 is 19.0 Å². The average Bonchev–Trinajstić information content (AvgIpc) is 3.43. The van der Waals surface area contributed by atoms with Crippen LogP contribution >= 0.6 is 11.6 Å². The molecule has 2 aliphatic heterocycles. The number of hydrogen-bond donors (Lipinski definition) is 1. The first-order valence-corrected chi connectivity index (χ1v) is 14.3. The number of hydrogen-bond acceptors (Lipinski definition) is 10. The van der Waals surface area contributed by atoms with Crippen molar-refractivity contribution in [2.45, 2.75) is 32.7 Å². The molecule has 222 valence electrons. The van der Waals surface area contributed by atoms with Crippen LogP contribution in [-0.2, 0) is 16.5 Å². The summed E-state index contributed by atoms with van der Waals surface area (Å²) in [6, 6.07) is 15.5. The molecule has 0 saturated carbocycles. The third-order valence-corrected chi connectivity index (χ3v) is 8.01. The highest BCUT2D eigenvalue weighted by molar-refractivity contribution is 6.31. The Hall–Kier alpha value is -4.09. The number of rotatable bonds is 8. The Morgan fingerprint density at radius 1 is 1.07 bits per heavy atom. The Balaban J connectivity index is 1.25. The van der Waals surface area contributed by atoms with E-state index in [0.29, 0.717) is 27.9 Å². The summed E-state index contributed by atoms with van der Waals surface area (Å²) in [7, 11) is 3.39. The summed E-state index contributed by atoms with van der Waals surface area (Å²) in [5.74, 6) is 1.11. The van der Waals surface area contributed by atoms with Crippen molar-refractivity contribution >= 4 is 29.0 Å². The topological polar surface area (TPSA) is 107 Å². The summed E-state index contributed by atoms with van der Waals surface area (Å²) < 4.78 is 17.1. The van der Waals surface area contributed by atoms with Crippen LogP contribution < -0.4 is 15.0 Å². The van der Waals surface area contributed by atoms with Crippen molar-refractivity contribution in [1.82, 2.24) is 30.4 Å². The zero-order valence-corrected chi connectivity index (χ0v) is 25.3. The fraction of sp³-hybridized carbons (Fsp3) is 0.400. The van der Waals surface area contributed by atoms with E-state index < -0.39 is 12.1 Å². The molecule has 1 saturated heterocycles. The van der Waals surface area contributed by atoms with Gasteiger partial charge in [0.1, 0.15) is 18.1 Å². The number of ether oxygens (including phenoxy) is 3. The molecule has 2 atom stereocenters. The molecule has 0 radical (unpaired) electrons. The predicted octanol–water partition coefficient (Wildman–Crippen LogP) is 4.59. The fourth-order valence-electron chi connectivity index (χ4n) is 5.51. The van der Waals surface area contributed by atoms with Gasteiger partial charge in [-0.1, -0.05) is 41.9 Å². The monoisotopic (exact) mass is 593 g/mol. The van der Waals surface area contributed by atoms with Gasteiger partial charge in [0.15, 0.2) is 0 Å². The molecule has 12 heteroatoms. The second kappa shape index (κ2) is 12.8. The molecule has 2 aliphatic rings. The standard InChI is InChI=1S/C30H36ClN7O4/c1-19(37-14-16-38(17-15-37)24-12-8-9-13-25(24)40-5)18-41-30(39)42-28-21(3)32-20(2)26(29-33-35-36(4)34-29)27(28)22-10-6-7-11-23(22)31/h6-13,19,27,32H,14-18H2,1-5H3. The second-order valence-electron chi connectivity index (χ2n) is 10.4. The van der Waals surface area contributed by atoms with Crippen molar-refractivity contribution in [1.29, 1.82) is 0 Å². The number of carbonyl (C=O) groups excluding carboxylic acids is 1. The van der Waals surface area contributed by atoms with Gasteiger partial charge in [-0.15, -0.1) is 10.2 Å². The zero-order chi connectivity index (χ0) is 29.8. The molecule has 0 aliphatic carbocycles. The molecule has 3 heterocycles. The first-order chi connectivity index (χ1) is 20.3. The van der Waals surface area contributed by atoms with Crippen LogP contribution in [0.3, 0.4) is 0 Å². The van der Waals surface area contributed by atoms with Gasteiger partial charge in [-0.05, 0) is 49.7 Å². The van der Waals surface area contributed by atoms with Gasteiger partial charge >= 0.3 is 6.16 Å². The van der Waals surface area contributed by atoms with E-state index in [-0.39, 0.29) is 12.6 Å². The summed E-state index contributed by atoms with van der Waals surface area (Å²) in [5, 5.41) is 16.5. The number of methoxy groups -OCH3 is 1. The number of anilines is 1. The lowest BCUT2D eigenvalue weighted by molar-refractivity contribution is 0.0464. The number of allylic oxidation sites excluding steroid dienone is 3. The minimum Gasteiger partial charge on any atom is -0.495 e. The Labute approximate surface area is 250 Å². The highest BCUT2D eigenvalue weighted by atomic mass is 35.5. The van der Waals surface area contributed by atoms with Gasteiger partial charge < -0.3 is 24.4 Å². The van der Waals surface area contributed by atoms with Crippen molar-refractivity contribution in [2.24, 2.45) is 7.05 Å². The molecule has 1 fully saturated rings. The smallest absolute Gasteiger partial charge is 0.495 e. The van der Waals surface area contributed by atoms with Gasteiger partial charge in [0.2, 0.25) is 5.82 Å². The normalized spacial score (nSPS) is 18.5. The van der Waals surface area contributed by atoms with Crippen LogP contribution in [0, 0.1) is 0 Å². The van der Waals surface area contributed by atoms with E-state index in [1.165, 1.54) is 4.80 Å². The molecular weight excluding hydrogens is 558 g/mol. The SMILES string of the molecule is COc1ccccc1N1CCN(C(C)COC(=O)OC2=C(C)NC(C)=C(c3nnn(C)n3)C2c2ccccc2Cl)CC1. The summed E-state index contributed by atoms with van der Waals surface area (Å²) >= 11 is 6.65. The first kappa shape index (κ1) is 29.4. The molecule has 42 heavy (non-hydrogen) atoms. The van der Waals surface area contributed by atoms with E-state index in [0.717, 1.165) is 48.9 Å². The Bertz CT molecular complexity index is 1500. The van der Waals surface area contributed by atoms with E-state index >= 15 is 0 Å². The van der Waals surface area contributed by atoms with Crippen LogP contribution in [-0.4, -0.2) is 77.2 Å². The van der Waals surface area contributed by atoms with Crippen LogP contribution in [0.2, 0.25) is 5.02 Å². The lowest BCUT2D eigenvalue weighted by atomic mass is 9.84. The first-order valence-electron chi connectivity index (χ1n) is 13.9. The largest absolute Gasteiger partial charge is 0.513 e. The van der Waals surface area contributed by atoms with Crippen LogP contribution in [0.25, 0.3) is 5.57 Å². The number of benzene rings is 2. The number of para-hydroxylation sites is 2. The Morgan fingerprint density at radius 3 is 2.48 bits per heavy atom. The van der Waals surface area contributed by atoms with Gasteiger partial charge in [0, 0.05) is 48.5 Å². The number of tetrazole rings is 1. The highest BCUT2D eigenvalue weighted by Gasteiger charge is 2.36. The fourth-order valence-corrected chi connectivity index (χ4v) is 5.76. The van der Waals surface area contributed by atoms with Gasteiger partial charge in [0.25, 0.3) is 0 Å². The molecule has 0 spiro atoms. The molecule has 11 nitrogen and oxygen atoms in total. The number of aryl methyl sites for hydroxylation is 1. The lowest BCUT2D eigenvalue weighted by Crippen LogP contribution is -2.51. The van der Waals surface area contributed by atoms with Crippen molar-refractivity contribution in [3.63, 3.8) is 0 Å². The number of halogens is 1. The van der Waals surface area contributed by atoms with Crippen molar-refractivity contribution in [2.75, 3.05) is 44.8 Å². The number of nitrogens with zero attached hydrogens (tertiary/aromatic N) is 6. The zero-order valence-electron chi connectivity index (χ0n) is 24.5. The van der Waals surface area contributed by atoms with E-state index in [4.69, 9.17) is 25.8 Å². The van der Waals surface area contributed by atoms with Crippen LogP contribution in [0.1, 0.15) is 38.1 Å². The van der Waals surface area contributed by atoms with Gasteiger partial charge in [-0.25, -0.2) is 4.79 Å². The number of aromatic nitrogens is 4. The summed E-state index contributed by atoms with van der Waals surface area (Å²) in [6.45, 7) is 9.36. The van der Waals surface area contributed by atoms with Crippen LogP contribution in [0.15, 0.2) is 65.7 Å². The number of dihydropyridines is 1. The number of carbonyl (C=O) groups is 1. The highest BCUT2D eigenvalue weighted by Crippen LogP contribution is 2.44. The molecule has 1 N–H and O–H groups in total.